The highest BCUT2D eigenvalue weighted by Crippen LogP contribution is 2.26. The lowest BCUT2D eigenvalue weighted by Gasteiger charge is -2.38. The Morgan fingerprint density at radius 1 is 1.00 bits per heavy atom. The van der Waals surface area contributed by atoms with Gasteiger partial charge in [0.15, 0.2) is 0 Å². The highest BCUT2D eigenvalue weighted by Gasteiger charge is 2.22. The van der Waals surface area contributed by atoms with Crippen LogP contribution in [0.1, 0.15) is 26.2 Å². The number of piperazine rings is 1. The second kappa shape index (κ2) is 12.1. The Hall–Kier alpha value is -0.520. The first-order valence-corrected chi connectivity index (χ1v) is 9.93. The van der Waals surface area contributed by atoms with Gasteiger partial charge in [-0.25, -0.2) is 0 Å². The maximum Gasteiger partial charge on any atom is 0.143 e. The minimum Gasteiger partial charge on any atom is -0.368 e. The fourth-order valence-corrected chi connectivity index (χ4v) is 4.29. The van der Waals surface area contributed by atoms with E-state index >= 15 is 0 Å². The molecule has 1 aromatic carbocycles. The zero-order chi connectivity index (χ0) is 17.6. The van der Waals surface area contributed by atoms with Crippen LogP contribution < -0.4 is 4.90 Å². The van der Waals surface area contributed by atoms with E-state index in [1.54, 1.807) is 6.92 Å². The van der Waals surface area contributed by atoms with Crippen LogP contribution in [0, 0.1) is 5.92 Å². The number of halogens is 3. The molecule has 2 aliphatic rings. The minimum atomic E-state index is 0. The molecule has 27 heavy (non-hydrogen) atoms. The van der Waals surface area contributed by atoms with Crippen LogP contribution >= 0.6 is 36.4 Å². The lowest BCUT2D eigenvalue weighted by Crippen LogP contribution is -2.47. The van der Waals surface area contributed by atoms with Gasteiger partial charge >= 0.3 is 0 Å². The molecule has 0 aromatic heterocycles. The standard InChI is InChI=1S/C20H30ClN3O.2ClH/c1-17(25)16-23-10-7-18(8-11-23)6-9-22-12-14-24(15-13-22)20-5-3-2-4-19(20)21;;/h2-5,18H,6-16H2,1H3;2*1H. The molecular formula is C20H32Cl3N3O. The van der Waals surface area contributed by atoms with Crippen LogP contribution in [0.2, 0.25) is 5.02 Å². The molecule has 0 spiro atoms. The highest BCUT2D eigenvalue weighted by atomic mass is 35.5. The van der Waals surface area contributed by atoms with Crippen molar-refractivity contribution in [3.05, 3.63) is 29.3 Å². The number of carbonyl (C=O) groups excluding carboxylic acids is 1. The van der Waals surface area contributed by atoms with E-state index < -0.39 is 0 Å². The molecule has 3 rings (SSSR count). The Balaban J connectivity index is 0.00000182. The molecule has 0 unspecified atom stereocenters. The first kappa shape index (κ1) is 24.5. The van der Waals surface area contributed by atoms with Crippen LogP contribution in [0.15, 0.2) is 24.3 Å². The summed E-state index contributed by atoms with van der Waals surface area (Å²) in [5, 5.41) is 0.855. The second-order valence-electron chi connectivity index (χ2n) is 7.49. The van der Waals surface area contributed by atoms with E-state index in [1.165, 1.54) is 31.5 Å². The van der Waals surface area contributed by atoms with E-state index in [2.05, 4.69) is 26.8 Å². The number of piperidine rings is 1. The Bertz CT molecular complexity index is 571. The van der Waals surface area contributed by atoms with Gasteiger partial charge < -0.3 is 4.90 Å². The molecule has 2 fully saturated rings. The summed E-state index contributed by atoms with van der Waals surface area (Å²) in [6.45, 7) is 10.1. The van der Waals surface area contributed by atoms with Crippen molar-refractivity contribution in [2.75, 3.05) is 57.3 Å². The van der Waals surface area contributed by atoms with Crippen molar-refractivity contribution in [1.29, 1.82) is 0 Å². The van der Waals surface area contributed by atoms with Crippen LogP contribution in [0.5, 0.6) is 0 Å². The third kappa shape index (κ3) is 7.43. The van der Waals surface area contributed by atoms with Gasteiger partial charge in [-0.2, -0.15) is 0 Å². The maximum atomic E-state index is 11.2. The molecule has 2 saturated heterocycles. The van der Waals surface area contributed by atoms with E-state index in [0.29, 0.717) is 6.54 Å². The van der Waals surface area contributed by atoms with Gasteiger partial charge in [0.2, 0.25) is 0 Å². The van der Waals surface area contributed by atoms with Gasteiger partial charge in [-0.15, -0.1) is 24.8 Å². The molecule has 1 aromatic rings. The summed E-state index contributed by atoms with van der Waals surface area (Å²) in [5.74, 6) is 1.11. The summed E-state index contributed by atoms with van der Waals surface area (Å²) < 4.78 is 0. The van der Waals surface area contributed by atoms with Crippen molar-refractivity contribution in [1.82, 2.24) is 9.80 Å². The molecular weight excluding hydrogens is 405 g/mol. The number of carbonyl (C=O) groups is 1. The highest BCUT2D eigenvalue weighted by molar-refractivity contribution is 6.33. The summed E-state index contributed by atoms with van der Waals surface area (Å²) in [6, 6.07) is 8.14. The molecule has 0 radical (unpaired) electrons. The van der Waals surface area contributed by atoms with E-state index in [1.807, 2.05) is 12.1 Å². The molecule has 0 saturated carbocycles. The number of hydrogen-bond donors (Lipinski definition) is 0. The van der Waals surface area contributed by atoms with Crippen molar-refractivity contribution < 1.29 is 4.79 Å². The largest absolute Gasteiger partial charge is 0.368 e. The molecule has 4 nitrogen and oxygen atoms in total. The summed E-state index contributed by atoms with van der Waals surface area (Å²) in [5.41, 5.74) is 1.17. The number of Topliss-reactive ketones (excluding diaryl/α,β-unsaturated/α-hetero) is 1. The Morgan fingerprint density at radius 2 is 1.63 bits per heavy atom. The van der Waals surface area contributed by atoms with Crippen molar-refractivity contribution in [2.24, 2.45) is 5.92 Å². The molecule has 0 bridgehead atoms. The van der Waals surface area contributed by atoms with Gasteiger partial charge in [0.1, 0.15) is 5.78 Å². The second-order valence-corrected chi connectivity index (χ2v) is 7.90. The van der Waals surface area contributed by atoms with E-state index in [0.717, 1.165) is 50.2 Å². The molecule has 0 aliphatic carbocycles. The molecule has 0 N–H and O–H groups in total. The summed E-state index contributed by atoms with van der Waals surface area (Å²) in [4.78, 5) is 18.5. The fourth-order valence-electron chi connectivity index (χ4n) is 4.03. The zero-order valence-electron chi connectivity index (χ0n) is 16.1. The third-order valence-corrected chi connectivity index (χ3v) is 5.89. The summed E-state index contributed by atoms with van der Waals surface area (Å²) >= 11 is 6.32. The van der Waals surface area contributed by atoms with E-state index in [9.17, 15) is 4.79 Å². The minimum absolute atomic E-state index is 0. The average Bonchev–Trinajstić information content (AvgIpc) is 2.62. The molecule has 2 heterocycles. The molecule has 154 valence electrons. The number of ketones is 1. The average molecular weight is 437 g/mol. The number of nitrogens with zero attached hydrogens (tertiary/aromatic N) is 3. The molecule has 2 aliphatic heterocycles. The monoisotopic (exact) mass is 435 g/mol. The molecule has 0 atom stereocenters. The smallest absolute Gasteiger partial charge is 0.143 e. The van der Waals surface area contributed by atoms with E-state index in [4.69, 9.17) is 11.6 Å². The number of likely N-dealkylation sites (tertiary alicyclic amines) is 1. The van der Waals surface area contributed by atoms with Crippen molar-refractivity contribution >= 4 is 47.9 Å². The normalized spacial score (nSPS) is 19.3. The van der Waals surface area contributed by atoms with Crippen molar-refractivity contribution in [2.45, 2.75) is 26.2 Å². The number of anilines is 1. The molecule has 7 heteroatoms. The quantitative estimate of drug-likeness (QED) is 0.673. The van der Waals surface area contributed by atoms with Gasteiger partial charge in [0.05, 0.1) is 17.3 Å². The lowest BCUT2D eigenvalue weighted by atomic mass is 9.93. The Labute approximate surface area is 181 Å². The molecule has 0 amide bonds. The van der Waals surface area contributed by atoms with Crippen LogP contribution in [0.3, 0.4) is 0 Å². The Morgan fingerprint density at radius 3 is 2.22 bits per heavy atom. The SMILES string of the molecule is CC(=O)CN1CCC(CCN2CCN(c3ccccc3Cl)CC2)CC1.Cl.Cl. The predicted molar refractivity (Wildman–Crippen MR) is 119 cm³/mol. The van der Waals surface area contributed by atoms with Gasteiger partial charge in [-0.3, -0.25) is 14.6 Å². The van der Waals surface area contributed by atoms with Gasteiger partial charge in [-0.05, 0) is 63.9 Å². The summed E-state index contributed by atoms with van der Waals surface area (Å²) in [7, 11) is 0. The zero-order valence-corrected chi connectivity index (χ0v) is 18.5. The lowest BCUT2D eigenvalue weighted by molar-refractivity contribution is -0.118. The van der Waals surface area contributed by atoms with Gasteiger partial charge in [-0.1, -0.05) is 23.7 Å². The van der Waals surface area contributed by atoms with E-state index in [-0.39, 0.29) is 30.6 Å². The van der Waals surface area contributed by atoms with Crippen molar-refractivity contribution in [3.8, 4) is 0 Å². The van der Waals surface area contributed by atoms with Gasteiger partial charge in [0.25, 0.3) is 0 Å². The number of hydrogen-bond acceptors (Lipinski definition) is 4. The first-order valence-electron chi connectivity index (χ1n) is 9.55. The number of para-hydroxylation sites is 1. The maximum absolute atomic E-state index is 11.2. The van der Waals surface area contributed by atoms with Crippen molar-refractivity contribution in [3.63, 3.8) is 0 Å². The van der Waals surface area contributed by atoms with Gasteiger partial charge in [0, 0.05) is 26.2 Å². The van der Waals surface area contributed by atoms with Crippen LogP contribution in [-0.2, 0) is 4.79 Å². The van der Waals surface area contributed by atoms with Crippen LogP contribution in [0.25, 0.3) is 0 Å². The first-order chi connectivity index (χ1) is 12.1. The topological polar surface area (TPSA) is 26.8 Å². The number of benzene rings is 1. The summed E-state index contributed by atoms with van der Waals surface area (Å²) in [6.07, 6.45) is 3.78. The Kier molecular flexibility index (Phi) is 11.0. The van der Waals surface area contributed by atoms with Crippen LogP contribution in [0.4, 0.5) is 5.69 Å². The predicted octanol–water partition coefficient (Wildman–Crippen LogP) is 4.00. The third-order valence-electron chi connectivity index (χ3n) is 5.57. The number of rotatable bonds is 6. The fraction of sp³-hybridized carbons (Fsp3) is 0.650. The van der Waals surface area contributed by atoms with Crippen LogP contribution in [-0.4, -0.2) is 67.9 Å².